The van der Waals surface area contributed by atoms with Gasteiger partial charge in [-0.1, -0.05) is 25.4 Å². The lowest BCUT2D eigenvalue weighted by molar-refractivity contribution is -0.274. The van der Waals surface area contributed by atoms with E-state index in [4.69, 9.17) is 16.3 Å². The molecular formula is C19H21ClF3N5O2. The molecule has 162 valence electrons. The normalized spacial score (nSPS) is 14.4. The van der Waals surface area contributed by atoms with Gasteiger partial charge in [0.05, 0.1) is 30.1 Å². The number of aromatic nitrogens is 4. The average Bonchev–Trinajstić information content (AvgIpc) is 3.05. The van der Waals surface area contributed by atoms with Crippen molar-refractivity contribution in [2.45, 2.75) is 27.1 Å². The van der Waals surface area contributed by atoms with Crippen LogP contribution in [0.3, 0.4) is 0 Å². The van der Waals surface area contributed by atoms with E-state index in [1.807, 2.05) is 18.7 Å². The number of nitrogens with zero attached hydrogens (tertiary/aromatic N) is 5. The smallest absolute Gasteiger partial charge is 0.404 e. The van der Waals surface area contributed by atoms with Gasteiger partial charge in [-0.25, -0.2) is 9.97 Å². The summed E-state index contributed by atoms with van der Waals surface area (Å²) in [6.07, 6.45) is -3.19. The van der Waals surface area contributed by atoms with E-state index in [0.717, 1.165) is 0 Å². The van der Waals surface area contributed by atoms with E-state index in [9.17, 15) is 13.2 Å². The zero-order valence-corrected chi connectivity index (χ0v) is 17.5. The van der Waals surface area contributed by atoms with Crippen molar-refractivity contribution in [3.05, 3.63) is 35.2 Å². The van der Waals surface area contributed by atoms with Crippen LogP contribution in [0.4, 0.5) is 19.1 Å². The summed E-state index contributed by atoms with van der Waals surface area (Å²) in [5, 5.41) is -0.168. The molecule has 0 aliphatic carbocycles. The molecule has 0 saturated carbocycles. The largest absolute Gasteiger partial charge is 0.573 e. The summed E-state index contributed by atoms with van der Waals surface area (Å²) in [6, 6.07) is 4.02. The molecule has 0 unspecified atom stereocenters. The highest BCUT2D eigenvalue weighted by Crippen LogP contribution is 2.33. The van der Waals surface area contributed by atoms with Gasteiger partial charge in [-0.15, -0.1) is 13.2 Å². The van der Waals surface area contributed by atoms with Crippen molar-refractivity contribution < 1.29 is 22.6 Å². The Morgan fingerprint density at radius 1 is 1.13 bits per heavy atom. The third kappa shape index (κ3) is 4.76. The van der Waals surface area contributed by atoms with Crippen LogP contribution >= 0.6 is 11.6 Å². The lowest BCUT2D eigenvalue weighted by atomic mass is 10.3. The minimum atomic E-state index is -4.82. The molecule has 7 nitrogen and oxygen atoms in total. The Balaban J connectivity index is 0.00000124. The number of aryl methyl sites for hydroxylation is 1. The highest BCUT2D eigenvalue weighted by molar-refractivity contribution is 6.32. The van der Waals surface area contributed by atoms with Crippen LogP contribution in [0, 0.1) is 6.92 Å². The molecule has 0 amide bonds. The van der Waals surface area contributed by atoms with Crippen molar-refractivity contribution in [3.63, 3.8) is 0 Å². The van der Waals surface area contributed by atoms with Crippen molar-refractivity contribution >= 4 is 28.7 Å². The number of imidazole rings is 1. The van der Waals surface area contributed by atoms with Crippen LogP contribution in [0.5, 0.6) is 5.75 Å². The lowest BCUT2D eigenvalue weighted by Crippen LogP contribution is -2.37. The highest BCUT2D eigenvalue weighted by atomic mass is 35.5. The van der Waals surface area contributed by atoms with Crippen molar-refractivity contribution in [1.29, 1.82) is 0 Å². The summed E-state index contributed by atoms with van der Waals surface area (Å²) < 4.78 is 48.4. The number of rotatable bonds is 3. The fourth-order valence-electron chi connectivity index (χ4n) is 3.04. The molecule has 1 fully saturated rings. The van der Waals surface area contributed by atoms with E-state index in [2.05, 4.69) is 19.7 Å². The van der Waals surface area contributed by atoms with Crippen LogP contribution in [0.2, 0.25) is 5.02 Å². The number of fused-ring (bicyclic) bond motifs is 1. The zero-order chi connectivity index (χ0) is 21.9. The summed E-state index contributed by atoms with van der Waals surface area (Å²) in [7, 11) is 0. The molecule has 0 bridgehead atoms. The molecule has 0 radical (unpaired) electrons. The predicted octanol–water partition coefficient (Wildman–Crippen LogP) is 4.54. The quantitative estimate of drug-likeness (QED) is 0.592. The van der Waals surface area contributed by atoms with Gasteiger partial charge in [0.15, 0.2) is 5.65 Å². The van der Waals surface area contributed by atoms with Crippen LogP contribution < -0.4 is 9.64 Å². The number of benzene rings is 1. The molecule has 1 aliphatic rings. The average molecular weight is 444 g/mol. The molecule has 4 rings (SSSR count). The van der Waals surface area contributed by atoms with Crippen LogP contribution in [0.1, 0.15) is 19.7 Å². The van der Waals surface area contributed by atoms with Gasteiger partial charge in [-0.05, 0) is 25.1 Å². The summed E-state index contributed by atoms with van der Waals surface area (Å²) in [5.41, 5.74) is 1.63. The minimum absolute atomic E-state index is 0.168. The third-order valence-corrected chi connectivity index (χ3v) is 4.54. The Morgan fingerprint density at radius 3 is 2.47 bits per heavy atom. The Morgan fingerprint density at radius 2 is 1.83 bits per heavy atom. The fourth-order valence-corrected chi connectivity index (χ4v) is 3.25. The van der Waals surface area contributed by atoms with E-state index in [-0.39, 0.29) is 5.02 Å². The second-order valence-corrected chi connectivity index (χ2v) is 6.54. The molecule has 0 spiro atoms. The number of hydrogen-bond donors (Lipinski definition) is 0. The number of hydrogen-bond acceptors (Lipinski definition) is 6. The van der Waals surface area contributed by atoms with Crippen LogP contribution in [-0.2, 0) is 4.74 Å². The second kappa shape index (κ2) is 9.05. The maximum atomic E-state index is 12.5. The van der Waals surface area contributed by atoms with E-state index in [0.29, 0.717) is 54.9 Å². The summed E-state index contributed by atoms with van der Waals surface area (Å²) in [6.45, 7) is 8.30. The minimum Gasteiger partial charge on any atom is -0.404 e. The lowest BCUT2D eigenvalue weighted by Gasteiger charge is -2.26. The van der Waals surface area contributed by atoms with Gasteiger partial charge in [0.2, 0.25) is 5.95 Å². The van der Waals surface area contributed by atoms with E-state index < -0.39 is 12.1 Å². The molecule has 2 aromatic heterocycles. The first-order valence-corrected chi connectivity index (χ1v) is 9.80. The van der Waals surface area contributed by atoms with Gasteiger partial charge in [0.25, 0.3) is 0 Å². The van der Waals surface area contributed by atoms with Gasteiger partial charge in [-0.2, -0.15) is 4.98 Å². The monoisotopic (exact) mass is 443 g/mol. The molecule has 30 heavy (non-hydrogen) atoms. The molecule has 3 heterocycles. The van der Waals surface area contributed by atoms with Crippen molar-refractivity contribution in [2.75, 3.05) is 31.2 Å². The molecule has 1 aliphatic heterocycles. The van der Waals surface area contributed by atoms with Gasteiger partial charge >= 0.3 is 6.36 Å². The standard InChI is InChI=1S/C17H15ClF3N5O2.C2H6/c1-10-23-13-9-22-16(25-4-6-27-7-5-25)24-15(13)26(10)11-2-3-14(12(18)8-11)28-17(19,20)21;1-2/h2-3,8-9H,4-7H2,1H3;1-2H3. The van der Waals surface area contributed by atoms with Gasteiger partial charge in [-0.3, -0.25) is 4.57 Å². The summed E-state index contributed by atoms with van der Waals surface area (Å²) in [4.78, 5) is 15.4. The summed E-state index contributed by atoms with van der Waals surface area (Å²) >= 11 is 6.00. The van der Waals surface area contributed by atoms with E-state index in [1.54, 1.807) is 17.7 Å². The summed E-state index contributed by atoms with van der Waals surface area (Å²) in [5.74, 6) is 0.674. The number of morpholine rings is 1. The predicted molar refractivity (Wildman–Crippen MR) is 107 cm³/mol. The van der Waals surface area contributed by atoms with E-state index in [1.165, 1.54) is 18.2 Å². The SMILES string of the molecule is CC.Cc1nc2cnc(N3CCOCC3)nc2n1-c1ccc(OC(F)(F)F)c(Cl)c1. The molecule has 0 N–H and O–H groups in total. The maximum absolute atomic E-state index is 12.5. The van der Waals surface area contributed by atoms with Gasteiger partial charge in [0.1, 0.15) is 17.1 Å². The molecule has 11 heteroatoms. The topological polar surface area (TPSA) is 65.3 Å². The first-order valence-electron chi connectivity index (χ1n) is 9.42. The Bertz CT molecular complexity index is 1020. The highest BCUT2D eigenvalue weighted by Gasteiger charge is 2.32. The number of halogens is 4. The number of alkyl halides is 3. The first-order chi connectivity index (χ1) is 14.3. The van der Waals surface area contributed by atoms with Crippen LogP contribution in [0.15, 0.2) is 24.4 Å². The van der Waals surface area contributed by atoms with Gasteiger partial charge < -0.3 is 14.4 Å². The third-order valence-electron chi connectivity index (χ3n) is 4.25. The molecule has 3 aromatic rings. The number of ether oxygens (including phenoxy) is 2. The van der Waals surface area contributed by atoms with Gasteiger partial charge in [0, 0.05) is 13.1 Å². The Hall–Kier alpha value is -2.59. The second-order valence-electron chi connectivity index (χ2n) is 6.14. The zero-order valence-electron chi connectivity index (χ0n) is 16.7. The Kier molecular flexibility index (Phi) is 6.67. The van der Waals surface area contributed by atoms with Crippen molar-refractivity contribution in [1.82, 2.24) is 19.5 Å². The van der Waals surface area contributed by atoms with Crippen LogP contribution in [0.25, 0.3) is 16.9 Å². The molecule has 1 aromatic carbocycles. The Labute approximate surface area is 176 Å². The molecule has 0 atom stereocenters. The fraction of sp³-hybridized carbons (Fsp3) is 0.421. The maximum Gasteiger partial charge on any atom is 0.573 e. The van der Waals surface area contributed by atoms with Crippen LogP contribution in [-0.4, -0.2) is 52.2 Å². The molecular weight excluding hydrogens is 423 g/mol. The number of anilines is 1. The van der Waals surface area contributed by atoms with Crippen molar-refractivity contribution in [3.8, 4) is 11.4 Å². The van der Waals surface area contributed by atoms with E-state index >= 15 is 0 Å². The van der Waals surface area contributed by atoms with Crippen molar-refractivity contribution in [2.24, 2.45) is 0 Å². The first kappa shape index (κ1) is 22.1. The molecule has 1 saturated heterocycles.